The molecule has 3 rings (SSSR count). The van der Waals surface area contributed by atoms with Crippen LogP contribution in [0.4, 0.5) is 0 Å². The van der Waals surface area contributed by atoms with E-state index in [1.807, 2.05) is 37.3 Å². The van der Waals surface area contributed by atoms with Crippen molar-refractivity contribution in [2.45, 2.75) is 13.0 Å². The van der Waals surface area contributed by atoms with Crippen LogP contribution in [0.3, 0.4) is 0 Å². The van der Waals surface area contributed by atoms with Crippen molar-refractivity contribution in [2.24, 2.45) is 0 Å². The van der Waals surface area contributed by atoms with E-state index in [2.05, 4.69) is 10.3 Å². The van der Waals surface area contributed by atoms with E-state index in [1.54, 1.807) is 24.3 Å². The smallest absolute Gasteiger partial charge is 0.360 e. The molecule has 0 saturated carbocycles. The van der Waals surface area contributed by atoms with E-state index >= 15 is 0 Å². The Morgan fingerprint density at radius 1 is 1.08 bits per heavy atom. The van der Waals surface area contributed by atoms with E-state index in [1.165, 1.54) is 7.11 Å². The minimum Gasteiger partial charge on any atom is -0.464 e. The summed E-state index contributed by atoms with van der Waals surface area (Å²) < 4.78 is 10.1. The number of hydrogen-bond donors (Lipinski definition) is 1. The molecule has 1 N–H and O–H groups in total. The second-order valence-electron chi connectivity index (χ2n) is 5.67. The fourth-order valence-corrected chi connectivity index (χ4v) is 2.66. The standard InChI is InChI=1S/C20H18N2O4/c1-13(14-8-4-3-5-9-14)22-19(23)16-11-7-6-10-15(16)18-17(20(24)25-2)21-12-26-18/h3-13H,1-2H3,(H,22,23)/t13-/m1/s1. The first kappa shape index (κ1) is 17.4. The molecule has 3 aromatic rings. The number of aromatic nitrogens is 1. The summed E-state index contributed by atoms with van der Waals surface area (Å²) in [6.45, 7) is 1.91. The number of nitrogens with zero attached hydrogens (tertiary/aromatic N) is 1. The molecule has 6 nitrogen and oxygen atoms in total. The summed E-state index contributed by atoms with van der Waals surface area (Å²) >= 11 is 0. The van der Waals surface area contributed by atoms with Crippen LogP contribution >= 0.6 is 0 Å². The van der Waals surface area contributed by atoms with E-state index in [4.69, 9.17) is 9.15 Å². The van der Waals surface area contributed by atoms with Crippen LogP contribution in [0.1, 0.15) is 39.4 Å². The fourth-order valence-electron chi connectivity index (χ4n) is 2.66. The van der Waals surface area contributed by atoms with Crippen LogP contribution in [0.25, 0.3) is 11.3 Å². The summed E-state index contributed by atoms with van der Waals surface area (Å²) in [5.74, 6) is -0.694. The topological polar surface area (TPSA) is 81.4 Å². The third-order valence-electron chi connectivity index (χ3n) is 4.01. The van der Waals surface area contributed by atoms with Gasteiger partial charge in [0.2, 0.25) is 0 Å². The van der Waals surface area contributed by atoms with Crippen molar-refractivity contribution in [3.8, 4) is 11.3 Å². The molecule has 0 radical (unpaired) electrons. The van der Waals surface area contributed by atoms with Gasteiger partial charge in [0.05, 0.1) is 18.7 Å². The number of rotatable bonds is 5. The fraction of sp³-hybridized carbons (Fsp3) is 0.150. The minimum absolute atomic E-state index is 0.0313. The number of hydrogen-bond acceptors (Lipinski definition) is 5. The highest BCUT2D eigenvalue weighted by molar-refractivity contribution is 6.03. The lowest BCUT2D eigenvalue weighted by molar-refractivity contribution is 0.0595. The van der Waals surface area contributed by atoms with E-state index < -0.39 is 5.97 Å². The molecule has 1 heterocycles. The highest BCUT2D eigenvalue weighted by Gasteiger charge is 2.23. The van der Waals surface area contributed by atoms with Gasteiger partial charge in [0, 0.05) is 5.56 Å². The van der Waals surface area contributed by atoms with Crippen molar-refractivity contribution in [1.82, 2.24) is 10.3 Å². The molecule has 26 heavy (non-hydrogen) atoms. The number of nitrogens with one attached hydrogen (secondary N) is 1. The molecule has 1 amide bonds. The monoisotopic (exact) mass is 350 g/mol. The Morgan fingerprint density at radius 2 is 1.77 bits per heavy atom. The second-order valence-corrected chi connectivity index (χ2v) is 5.67. The molecule has 0 bridgehead atoms. The van der Waals surface area contributed by atoms with Crippen molar-refractivity contribution in [3.05, 3.63) is 77.8 Å². The Hall–Kier alpha value is -3.41. The molecule has 0 aliphatic heterocycles. The largest absolute Gasteiger partial charge is 0.464 e. The lowest BCUT2D eigenvalue weighted by atomic mass is 10.0. The highest BCUT2D eigenvalue weighted by Crippen LogP contribution is 2.27. The molecule has 0 aliphatic rings. The van der Waals surface area contributed by atoms with Crippen molar-refractivity contribution in [2.75, 3.05) is 7.11 Å². The van der Waals surface area contributed by atoms with Gasteiger partial charge in [-0.2, -0.15) is 0 Å². The summed E-state index contributed by atoms with van der Waals surface area (Å²) in [5.41, 5.74) is 1.89. The van der Waals surface area contributed by atoms with Crippen LogP contribution in [-0.4, -0.2) is 24.0 Å². The highest BCUT2D eigenvalue weighted by atomic mass is 16.5. The predicted octanol–water partition coefficient (Wildman–Crippen LogP) is 3.62. The second kappa shape index (κ2) is 7.65. The lowest BCUT2D eigenvalue weighted by Crippen LogP contribution is -2.27. The van der Waals surface area contributed by atoms with Gasteiger partial charge < -0.3 is 14.5 Å². The summed E-state index contributed by atoms with van der Waals surface area (Å²) in [7, 11) is 1.26. The lowest BCUT2D eigenvalue weighted by Gasteiger charge is -2.15. The molecule has 0 fully saturated rings. The first-order valence-electron chi connectivity index (χ1n) is 8.08. The van der Waals surface area contributed by atoms with Crippen molar-refractivity contribution in [3.63, 3.8) is 0 Å². The van der Waals surface area contributed by atoms with Crippen LogP contribution < -0.4 is 5.32 Å². The number of ether oxygens (including phenoxy) is 1. The van der Waals surface area contributed by atoms with Gasteiger partial charge in [-0.25, -0.2) is 9.78 Å². The van der Waals surface area contributed by atoms with Gasteiger partial charge >= 0.3 is 5.97 Å². The van der Waals surface area contributed by atoms with E-state index in [0.717, 1.165) is 12.0 Å². The Balaban J connectivity index is 1.92. The zero-order valence-electron chi connectivity index (χ0n) is 14.4. The van der Waals surface area contributed by atoms with Gasteiger partial charge in [0.15, 0.2) is 17.8 Å². The minimum atomic E-state index is -0.624. The molecular weight excluding hydrogens is 332 g/mol. The molecule has 6 heteroatoms. The number of benzene rings is 2. The van der Waals surface area contributed by atoms with Crippen LogP contribution in [0, 0.1) is 0 Å². The normalized spacial score (nSPS) is 11.6. The number of carbonyl (C=O) groups is 2. The van der Waals surface area contributed by atoms with Crippen LogP contribution in [0.15, 0.2) is 65.4 Å². The Kier molecular flexibility index (Phi) is 5.12. The quantitative estimate of drug-likeness (QED) is 0.711. The number of oxazole rings is 1. The first-order chi connectivity index (χ1) is 12.6. The van der Waals surface area contributed by atoms with Crippen molar-refractivity contribution < 1.29 is 18.7 Å². The molecule has 0 aliphatic carbocycles. The molecule has 0 saturated heterocycles. The maximum absolute atomic E-state index is 12.8. The Morgan fingerprint density at radius 3 is 2.50 bits per heavy atom. The van der Waals surface area contributed by atoms with Crippen LogP contribution in [0.5, 0.6) is 0 Å². The molecule has 0 spiro atoms. The predicted molar refractivity (Wildman–Crippen MR) is 95.6 cm³/mol. The Labute approximate surface area is 150 Å². The van der Waals surface area contributed by atoms with Gasteiger partial charge in [0.25, 0.3) is 5.91 Å². The summed E-state index contributed by atoms with van der Waals surface area (Å²) in [5, 5.41) is 2.96. The third-order valence-corrected chi connectivity index (χ3v) is 4.01. The average molecular weight is 350 g/mol. The maximum atomic E-state index is 12.8. The molecule has 1 atom stereocenters. The van der Waals surface area contributed by atoms with Gasteiger partial charge in [-0.15, -0.1) is 0 Å². The van der Waals surface area contributed by atoms with Crippen LogP contribution in [0.2, 0.25) is 0 Å². The van der Waals surface area contributed by atoms with Gasteiger partial charge in [-0.05, 0) is 18.6 Å². The number of amides is 1. The first-order valence-corrected chi connectivity index (χ1v) is 8.08. The molecule has 132 valence electrons. The summed E-state index contributed by atoms with van der Waals surface area (Å²) in [4.78, 5) is 28.6. The van der Waals surface area contributed by atoms with E-state index in [9.17, 15) is 9.59 Å². The zero-order chi connectivity index (χ0) is 18.5. The SMILES string of the molecule is COC(=O)c1ncoc1-c1ccccc1C(=O)N[C@H](C)c1ccccc1. The zero-order valence-corrected chi connectivity index (χ0v) is 14.4. The van der Waals surface area contributed by atoms with Gasteiger partial charge in [-0.1, -0.05) is 48.5 Å². The number of carbonyl (C=O) groups excluding carboxylic acids is 2. The number of methoxy groups -OCH3 is 1. The van der Waals surface area contributed by atoms with Gasteiger partial charge in [0.1, 0.15) is 0 Å². The van der Waals surface area contributed by atoms with E-state index in [-0.39, 0.29) is 23.4 Å². The Bertz CT molecular complexity index is 918. The van der Waals surface area contributed by atoms with Gasteiger partial charge in [-0.3, -0.25) is 4.79 Å². The van der Waals surface area contributed by atoms with E-state index in [0.29, 0.717) is 11.1 Å². The third kappa shape index (κ3) is 3.49. The maximum Gasteiger partial charge on any atom is 0.360 e. The molecule has 1 aromatic heterocycles. The summed E-state index contributed by atoms with van der Waals surface area (Å²) in [6, 6.07) is 16.4. The van der Waals surface area contributed by atoms with Crippen LogP contribution in [-0.2, 0) is 4.74 Å². The molecular formula is C20H18N2O4. The molecule has 0 unspecified atom stereocenters. The van der Waals surface area contributed by atoms with Crippen molar-refractivity contribution >= 4 is 11.9 Å². The number of esters is 1. The summed E-state index contributed by atoms with van der Waals surface area (Å²) in [6.07, 6.45) is 1.16. The van der Waals surface area contributed by atoms with Crippen molar-refractivity contribution in [1.29, 1.82) is 0 Å². The molecule has 2 aromatic carbocycles. The average Bonchev–Trinajstić information content (AvgIpc) is 3.17.